The number of rotatable bonds is 4. The second-order valence-electron chi connectivity index (χ2n) is 6.13. The van der Waals surface area contributed by atoms with Crippen LogP contribution in [0.2, 0.25) is 0 Å². The first-order valence-corrected chi connectivity index (χ1v) is 8.09. The van der Waals surface area contributed by atoms with Gasteiger partial charge in [0.25, 0.3) is 0 Å². The smallest absolute Gasteiger partial charge is 0.119 e. The number of hydrogen-bond donors (Lipinski definition) is 0. The van der Waals surface area contributed by atoms with E-state index in [2.05, 4.69) is 44.0 Å². The van der Waals surface area contributed by atoms with Gasteiger partial charge in [-0.15, -0.1) is 11.8 Å². The SMILES string of the molecule is COc1cccc(SC2CCN(OC(C)(C)C)CC2)c1. The minimum Gasteiger partial charge on any atom is -0.497 e. The van der Waals surface area contributed by atoms with Gasteiger partial charge in [-0.2, -0.15) is 5.06 Å². The summed E-state index contributed by atoms with van der Waals surface area (Å²) in [6.07, 6.45) is 2.33. The fraction of sp³-hybridized carbons (Fsp3) is 0.625. The molecule has 3 nitrogen and oxygen atoms in total. The minimum absolute atomic E-state index is 0.0905. The van der Waals surface area contributed by atoms with Gasteiger partial charge in [0.15, 0.2) is 0 Å². The molecule has 112 valence electrons. The third-order valence-electron chi connectivity index (χ3n) is 3.15. The van der Waals surface area contributed by atoms with Gasteiger partial charge in [-0.05, 0) is 51.8 Å². The molecule has 1 aliphatic rings. The Morgan fingerprint density at radius 3 is 2.50 bits per heavy atom. The van der Waals surface area contributed by atoms with Crippen molar-refractivity contribution in [3.63, 3.8) is 0 Å². The van der Waals surface area contributed by atoms with E-state index in [4.69, 9.17) is 9.57 Å². The lowest BCUT2D eigenvalue weighted by Crippen LogP contribution is -2.40. The van der Waals surface area contributed by atoms with Gasteiger partial charge in [0.2, 0.25) is 0 Å². The van der Waals surface area contributed by atoms with Gasteiger partial charge in [-0.3, -0.25) is 4.84 Å². The number of nitrogens with zero attached hydrogens (tertiary/aromatic N) is 1. The monoisotopic (exact) mass is 295 g/mol. The molecule has 0 aromatic heterocycles. The van der Waals surface area contributed by atoms with Crippen LogP contribution in [0.5, 0.6) is 5.75 Å². The van der Waals surface area contributed by atoms with Crippen LogP contribution in [0.25, 0.3) is 0 Å². The van der Waals surface area contributed by atoms with Gasteiger partial charge in [-0.25, -0.2) is 0 Å². The molecule has 0 radical (unpaired) electrons. The molecule has 20 heavy (non-hydrogen) atoms. The summed E-state index contributed by atoms with van der Waals surface area (Å²) in [7, 11) is 1.71. The lowest BCUT2D eigenvalue weighted by molar-refractivity contribution is -0.234. The average Bonchev–Trinajstić information content (AvgIpc) is 2.40. The summed E-state index contributed by atoms with van der Waals surface area (Å²) in [5.74, 6) is 0.934. The third kappa shape index (κ3) is 5.00. The van der Waals surface area contributed by atoms with Gasteiger partial charge in [0.1, 0.15) is 5.75 Å². The normalized spacial score (nSPS) is 18.2. The Bertz CT molecular complexity index is 423. The van der Waals surface area contributed by atoms with E-state index in [1.165, 1.54) is 4.90 Å². The molecule has 2 rings (SSSR count). The molecule has 1 aromatic carbocycles. The molecule has 0 aliphatic carbocycles. The van der Waals surface area contributed by atoms with Gasteiger partial charge < -0.3 is 4.74 Å². The number of ether oxygens (including phenoxy) is 1. The standard InChI is InChI=1S/C16H25NO2S/c1-16(2,3)19-17-10-8-14(9-11-17)20-15-7-5-6-13(12-15)18-4/h5-7,12,14H,8-11H2,1-4H3. The van der Waals surface area contributed by atoms with Gasteiger partial charge in [-0.1, -0.05) is 6.07 Å². The molecule has 0 saturated carbocycles. The molecule has 0 amide bonds. The Morgan fingerprint density at radius 1 is 1.20 bits per heavy atom. The molecular formula is C16H25NO2S. The molecule has 1 aliphatic heterocycles. The molecule has 1 heterocycles. The fourth-order valence-electron chi connectivity index (χ4n) is 2.30. The maximum absolute atomic E-state index is 5.92. The Balaban J connectivity index is 1.82. The van der Waals surface area contributed by atoms with E-state index in [-0.39, 0.29) is 5.60 Å². The van der Waals surface area contributed by atoms with Crippen LogP contribution >= 0.6 is 11.8 Å². The summed E-state index contributed by atoms with van der Waals surface area (Å²) < 4.78 is 5.27. The molecule has 4 heteroatoms. The van der Waals surface area contributed by atoms with Crippen LogP contribution in [0.4, 0.5) is 0 Å². The molecule has 0 spiro atoms. The molecule has 1 fully saturated rings. The van der Waals surface area contributed by atoms with Crippen molar-refractivity contribution in [1.82, 2.24) is 5.06 Å². The molecular weight excluding hydrogens is 270 g/mol. The number of hydroxylamine groups is 2. The van der Waals surface area contributed by atoms with Crippen molar-refractivity contribution < 1.29 is 9.57 Å². The highest BCUT2D eigenvalue weighted by Crippen LogP contribution is 2.32. The summed E-state index contributed by atoms with van der Waals surface area (Å²) in [6.45, 7) is 8.33. The maximum Gasteiger partial charge on any atom is 0.119 e. The average molecular weight is 295 g/mol. The van der Waals surface area contributed by atoms with E-state index in [9.17, 15) is 0 Å². The Labute approximate surface area is 126 Å². The van der Waals surface area contributed by atoms with Gasteiger partial charge >= 0.3 is 0 Å². The van der Waals surface area contributed by atoms with E-state index >= 15 is 0 Å². The highest BCUT2D eigenvalue weighted by Gasteiger charge is 2.24. The predicted octanol–water partition coefficient (Wildman–Crippen LogP) is 3.98. The lowest BCUT2D eigenvalue weighted by atomic mass is 10.1. The van der Waals surface area contributed by atoms with Crippen molar-refractivity contribution in [3.8, 4) is 5.75 Å². The first kappa shape index (κ1) is 15.7. The Hall–Kier alpha value is -0.710. The number of methoxy groups -OCH3 is 1. The van der Waals surface area contributed by atoms with E-state index in [0.29, 0.717) is 5.25 Å². The fourth-order valence-corrected chi connectivity index (χ4v) is 3.47. The highest BCUT2D eigenvalue weighted by molar-refractivity contribution is 8.00. The number of benzene rings is 1. The highest BCUT2D eigenvalue weighted by atomic mass is 32.2. The summed E-state index contributed by atoms with van der Waals surface area (Å²) in [5, 5.41) is 2.78. The Morgan fingerprint density at radius 2 is 1.90 bits per heavy atom. The topological polar surface area (TPSA) is 21.7 Å². The van der Waals surface area contributed by atoms with Crippen LogP contribution in [-0.2, 0) is 4.84 Å². The second-order valence-corrected chi connectivity index (χ2v) is 7.50. The maximum atomic E-state index is 5.92. The summed E-state index contributed by atoms with van der Waals surface area (Å²) in [4.78, 5) is 7.21. The predicted molar refractivity (Wildman–Crippen MR) is 84.3 cm³/mol. The van der Waals surface area contributed by atoms with Crippen molar-refractivity contribution in [3.05, 3.63) is 24.3 Å². The van der Waals surface area contributed by atoms with Crippen molar-refractivity contribution in [2.45, 2.75) is 49.4 Å². The van der Waals surface area contributed by atoms with E-state index < -0.39 is 0 Å². The lowest BCUT2D eigenvalue weighted by Gasteiger charge is -2.35. The second kappa shape index (κ2) is 6.83. The largest absolute Gasteiger partial charge is 0.497 e. The molecule has 1 aromatic rings. The minimum atomic E-state index is -0.0905. The van der Waals surface area contributed by atoms with E-state index in [0.717, 1.165) is 31.7 Å². The van der Waals surface area contributed by atoms with E-state index in [1.807, 2.05) is 17.8 Å². The van der Waals surface area contributed by atoms with Crippen LogP contribution in [0, 0.1) is 0 Å². The van der Waals surface area contributed by atoms with Crippen LogP contribution in [0.15, 0.2) is 29.2 Å². The number of hydrogen-bond acceptors (Lipinski definition) is 4. The van der Waals surface area contributed by atoms with Crippen molar-refractivity contribution >= 4 is 11.8 Å². The zero-order chi connectivity index (χ0) is 14.6. The summed E-state index contributed by atoms with van der Waals surface area (Å²) in [6, 6.07) is 8.32. The van der Waals surface area contributed by atoms with Crippen LogP contribution < -0.4 is 4.74 Å². The van der Waals surface area contributed by atoms with Gasteiger partial charge in [0.05, 0.1) is 12.7 Å². The van der Waals surface area contributed by atoms with E-state index in [1.54, 1.807) is 7.11 Å². The first-order valence-electron chi connectivity index (χ1n) is 7.21. The van der Waals surface area contributed by atoms with Crippen molar-refractivity contribution in [2.75, 3.05) is 20.2 Å². The first-order chi connectivity index (χ1) is 9.46. The number of thioether (sulfide) groups is 1. The van der Waals surface area contributed by atoms with Crippen LogP contribution in [0.3, 0.4) is 0 Å². The molecule has 0 unspecified atom stereocenters. The summed E-state index contributed by atoms with van der Waals surface area (Å²) >= 11 is 1.95. The van der Waals surface area contributed by atoms with Crippen LogP contribution in [-0.4, -0.2) is 36.1 Å². The molecule has 0 bridgehead atoms. The zero-order valence-electron chi connectivity index (χ0n) is 12.9. The molecule has 1 saturated heterocycles. The van der Waals surface area contributed by atoms with Crippen molar-refractivity contribution in [2.24, 2.45) is 0 Å². The zero-order valence-corrected chi connectivity index (χ0v) is 13.7. The van der Waals surface area contributed by atoms with Crippen molar-refractivity contribution in [1.29, 1.82) is 0 Å². The number of piperidine rings is 1. The third-order valence-corrected chi connectivity index (χ3v) is 4.48. The quantitative estimate of drug-likeness (QED) is 0.837. The molecule has 0 atom stereocenters. The summed E-state index contributed by atoms with van der Waals surface area (Å²) in [5.41, 5.74) is -0.0905. The van der Waals surface area contributed by atoms with Gasteiger partial charge in [0, 0.05) is 23.2 Å². The molecule has 0 N–H and O–H groups in total. The Kier molecular flexibility index (Phi) is 5.35. The van der Waals surface area contributed by atoms with Crippen LogP contribution in [0.1, 0.15) is 33.6 Å².